The largest absolute Gasteiger partial charge is 0.350 e. The smallest absolute Gasteiger partial charge is 0.272 e. The fourth-order valence-corrected chi connectivity index (χ4v) is 2.45. The average Bonchev–Trinajstić information content (AvgIpc) is 2.59. The van der Waals surface area contributed by atoms with Crippen LogP contribution in [-0.4, -0.2) is 65.2 Å². The van der Waals surface area contributed by atoms with Gasteiger partial charge in [-0.25, -0.2) is 4.98 Å². The zero-order valence-corrected chi connectivity index (χ0v) is 14.4. The van der Waals surface area contributed by atoms with Crippen LogP contribution in [0, 0.1) is 5.92 Å². The lowest BCUT2D eigenvalue weighted by atomic mass is 10.2. The lowest BCUT2D eigenvalue weighted by Gasteiger charge is -2.34. The highest BCUT2D eigenvalue weighted by Crippen LogP contribution is 2.08. The summed E-state index contributed by atoms with van der Waals surface area (Å²) in [6.07, 6.45) is 0. The van der Waals surface area contributed by atoms with Crippen molar-refractivity contribution in [2.24, 2.45) is 5.92 Å². The van der Waals surface area contributed by atoms with Crippen LogP contribution in [0.1, 0.15) is 41.7 Å². The Morgan fingerprint density at radius 1 is 1.08 bits per heavy atom. The van der Waals surface area contributed by atoms with Gasteiger partial charge < -0.3 is 15.1 Å². The molecule has 0 aromatic carbocycles. The summed E-state index contributed by atoms with van der Waals surface area (Å²) in [5.74, 6) is -0.128. The molecule has 1 aliphatic heterocycles. The molecule has 0 radical (unpaired) electrons. The maximum atomic E-state index is 12.5. The van der Waals surface area contributed by atoms with Gasteiger partial charge >= 0.3 is 0 Å². The van der Waals surface area contributed by atoms with Crippen molar-refractivity contribution in [1.82, 2.24) is 20.1 Å². The predicted molar refractivity (Wildman–Crippen MR) is 89.6 cm³/mol. The van der Waals surface area contributed by atoms with Crippen molar-refractivity contribution in [2.75, 3.05) is 32.7 Å². The summed E-state index contributed by atoms with van der Waals surface area (Å²) in [7, 11) is 0. The van der Waals surface area contributed by atoms with Crippen LogP contribution in [0.25, 0.3) is 0 Å². The van der Waals surface area contributed by atoms with E-state index in [0.29, 0.717) is 38.6 Å². The van der Waals surface area contributed by atoms with E-state index in [4.69, 9.17) is 0 Å². The van der Waals surface area contributed by atoms with Crippen LogP contribution in [0.3, 0.4) is 0 Å². The van der Waals surface area contributed by atoms with E-state index in [9.17, 15) is 14.4 Å². The van der Waals surface area contributed by atoms with Crippen molar-refractivity contribution in [2.45, 2.75) is 20.8 Å². The molecule has 24 heavy (non-hydrogen) atoms. The maximum absolute atomic E-state index is 12.5. The summed E-state index contributed by atoms with van der Waals surface area (Å²) < 4.78 is 0. The van der Waals surface area contributed by atoms with E-state index in [-0.39, 0.29) is 29.1 Å². The molecular formula is C17H24N4O3. The van der Waals surface area contributed by atoms with Crippen molar-refractivity contribution in [3.63, 3.8) is 0 Å². The fraction of sp³-hybridized carbons (Fsp3) is 0.529. The van der Waals surface area contributed by atoms with Crippen molar-refractivity contribution < 1.29 is 14.4 Å². The van der Waals surface area contributed by atoms with Crippen LogP contribution in [0.5, 0.6) is 0 Å². The van der Waals surface area contributed by atoms with E-state index in [1.54, 1.807) is 28.0 Å². The zero-order chi connectivity index (χ0) is 17.7. The zero-order valence-electron chi connectivity index (χ0n) is 14.4. The standard InChI is InChI=1S/C17H24N4O3/c1-12(2)11-18-16(23)14-5-4-6-15(19-14)17(24)21-9-7-20(8-10-21)13(3)22/h4-6,12H,7-11H2,1-3H3,(H,18,23). The van der Waals surface area contributed by atoms with E-state index in [0.717, 1.165) is 0 Å². The second kappa shape index (κ2) is 7.90. The normalized spacial score (nSPS) is 14.7. The minimum atomic E-state index is -0.278. The molecular weight excluding hydrogens is 308 g/mol. The third-order valence-corrected chi connectivity index (χ3v) is 3.88. The van der Waals surface area contributed by atoms with E-state index in [2.05, 4.69) is 10.3 Å². The third-order valence-electron chi connectivity index (χ3n) is 3.88. The summed E-state index contributed by atoms with van der Waals surface area (Å²) >= 11 is 0. The Morgan fingerprint density at radius 2 is 1.67 bits per heavy atom. The molecule has 1 aromatic heterocycles. The summed E-state index contributed by atoms with van der Waals surface area (Å²) in [6.45, 7) is 8.10. The highest BCUT2D eigenvalue weighted by atomic mass is 16.2. The number of aromatic nitrogens is 1. The molecule has 1 aliphatic rings. The molecule has 7 heteroatoms. The Morgan fingerprint density at radius 3 is 2.25 bits per heavy atom. The van der Waals surface area contributed by atoms with E-state index < -0.39 is 0 Å². The Labute approximate surface area is 142 Å². The summed E-state index contributed by atoms with van der Waals surface area (Å²) in [5.41, 5.74) is 0.493. The van der Waals surface area contributed by atoms with Gasteiger partial charge in [0.15, 0.2) is 0 Å². The first kappa shape index (κ1) is 17.9. The van der Waals surface area contributed by atoms with Crippen LogP contribution in [0.15, 0.2) is 18.2 Å². The molecule has 130 valence electrons. The first-order valence-electron chi connectivity index (χ1n) is 8.18. The van der Waals surface area contributed by atoms with E-state index in [1.807, 2.05) is 13.8 Å². The number of amides is 3. The van der Waals surface area contributed by atoms with E-state index >= 15 is 0 Å². The third kappa shape index (κ3) is 4.53. The lowest BCUT2D eigenvalue weighted by molar-refractivity contribution is -0.130. The monoisotopic (exact) mass is 332 g/mol. The first-order valence-corrected chi connectivity index (χ1v) is 8.18. The van der Waals surface area contributed by atoms with Crippen molar-refractivity contribution >= 4 is 17.7 Å². The number of pyridine rings is 1. The molecule has 1 aromatic rings. The lowest BCUT2D eigenvalue weighted by Crippen LogP contribution is -2.50. The number of hydrogen-bond acceptors (Lipinski definition) is 4. The molecule has 0 atom stereocenters. The molecule has 3 amide bonds. The Balaban J connectivity index is 2.02. The van der Waals surface area contributed by atoms with Crippen LogP contribution in [-0.2, 0) is 4.79 Å². The Hall–Kier alpha value is -2.44. The molecule has 1 saturated heterocycles. The van der Waals surface area contributed by atoms with Crippen molar-refractivity contribution in [1.29, 1.82) is 0 Å². The van der Waals surface area contributed by atoms with Gasteiger partial charge in [0.05, 0.1) is 0 Å². The first-order chi connectivity index (χ1) is 11.4. The molecule has 1 fully saturated rings. The molecule has 7 nitrogen and oxygen atoms in total. The van der Waals surface area contributed by atoms with Gasteiger partial charge in [0.25, 0.3) is 11.8 Å². The van der Waals surface area contributed by atoms with Gasteiger partial charge in [-0.15, -0.1) is 0 Å². The number of nitrogens with zero attached hydrogens (tertiary/aromatic N) is 3. The minimum Gasteiger partial charge on any atom is -0.350 e. The molecule has 0 aliphatic carbocycles. The molecule has 1 N–H and O–H groups in total. The van der Waals surface area contributed by atoms with Crippen molar-refractivity contribution in [3.05, 3.63) is 29.6 Å². The summed E-state index contributed by atoms with van der Waals surface area (Å²) in [5, 5.41) is 2.79. The number of hydrogen-bond donors (Lipinski definition) is 1. The highest BCUT2D eigenvalue weighted by molar-refractivity contribution is 5.96. The van der Waals surface area contributed by atoms with Gasteiger partial charge in [0, 0.05) is 39.6 Å². The molecule has 0 bridgehead atoms. The maximum Gasteiger partial charge on any atom is 0.272 e. The van der Waals surface area contributed by atoms with Gasteiger partial charge in [0.2, 0.25) is 5.91 Å². The highest BCUT2D eigenvalue weighted by Gasteiger charge is 2.24. The van der Waals surface area contributed by atoms with Gasteiger partial charge in [-0.2, -0.15) is 0 Å². The number of piperazine rings is 1. The number of carbonyl (C=O) groups is 3. The quantitative estimate of drug-likeness (QED) is 0.883. The molecule has 2 heterocycles. The molecule has 0 saturated carbocycles. The van der Waals surface area contributed by atoms with Crippen LogP contribution in [0.4, 0.5) is 0 Å². The average molecular weight is 332 g/mol. The van der Waals surface area contributed by atoms with Gasteiger partial charge in [-0.3, -0.25) is 14.4 Å². The number of carbonyl (C=O) groups excluding carboxylic acids is 3. The Bertz CT molecular complexity index is 622. The van der Waals surface area contributed by atoms with Gasteiger partial charge in [-0.1, -0.05) is 19.9 Å². The topological polar surface area (TPSA) is 82.6 Å². The fourth-order valence-electron chi connectivity index (χ4n) is 2.45. The summed E-state index contributed by atoms with van der Waals surface area (Å²) in [4.78, 5) is 43.5. The molecule has 0 unspecified atom stereocenters. The second-order valence-corrected chi connectivity index (χ2v) is 6.31. The number of rotatable bonds is 4. The van der Waals surface area contributed by atoms with Gasteiger partial charge in [0.1, 0.15) is 11.4 Å². The minimum absolute atomic E-state index is 0.0176. The van der Waals surface area contributed by atoms with E-state index in [1.165, 1.54) is 6.92 Å². The predicted octanol–water partition coefficient (Wildman–Crippen LogP) is 0.772. The SMILES string of the molecule is CC(=O)N1CCN(C(=O)c2cccc(C(=O)NCC(C)C)n2)CC1. The van der Waals surface area contributed by atoms with Gasteiger partial charge in [-0.05, 0) is 18.1 Å². The second-order valence-electron chi connectivity index (χ2n) is 6.31. The Kier molecular flexibility index (Phi) is 5.89. The van der Waals surface area contributed by atoms with Crippen molar-refractivity contribution in [3.8, 4) is 0 Å². The molecule has 2 rings (SSSR count). The van der Waals surface area contributed by atoms with Crippen LogP contribution < -0.4 is 5.32 Å². The molecule has 0 spiro atoms. The summed E-state index contributed by atoms with van der Waals surface area (Å²) in [6, 6.07) is 4.87. The van der Waals surface area contributed by atoms with Crippen LogP contribution >= 0.6 is 0 Å². The van der Waals surface area contributed by atoms with Crippen LogP contribution in [0.2, 0.25) is 0 Å². The number of nitrogens with one attached hydrogen (secondary N) is 1.